The lowest BCUT2D eigenvalue weighted by Crippen LogP contribution is -2.45. The topological polar surface area (TPSA) is 96.1 Å². The number of carboxylic acid groups (broad SMARTS) is 1. The maximum absolute atomic E-state index is 13.8. The molecule has 226 valence electrons. The normalized spacial score (nSPS) is 20.7. The number of nitrogens with zero attached hydrogens (tertiary/aromatic N) is 4. The van der Waals surface area contributed by atoms with Crippen LogP contribution in [-0.2, 0) is 22.4 Å². The summed E-state index contributed by atoms with van der Waals surface area (Å²) in [7, 11) is 6.57. The van der Waals surface area contributed by atoms with Crippen LogP contribution in [0, 0.1) is 12.8 Å². The molecule has 2 aliphatic rings. The number of benzene rings is 1. The molecule has 3 atom stereocenters. The first-order valence-corrected chi connectivity index (χ1v) is 15.3. The van der Waals surface area contributed by atoms with Crippen LogP contribution in [0.1, 0.15) is 67.7 Å². The number of rotatable bonds is 15. The van der Waals surface area contributed by atoms with E-state index in [1.165, 1.54) is 0 Å². The summed E-state index contributed by atoms with van der Waals surface area (Å²) in [6.45, 7) is 7.96. The van der Waals surface area contributed by atoms with E-state index in [2.05, 4.69) is 44.0 Å². The molecule has 0 saturated carbocycles. The van der Waals surface area contributed by atoms with E-state index in [1.807, 2.05) is 24.0 Å². The van der Waals surface area contributed by atoms with Crippen LogP contribution in [0.25, 0.3) is 0 Å². The summed E-state index contributed by atoms with van der Waals surface area (Å²) < 4.78 is 12.3. The Kier molecular flexibility index (Phi) is 10.5. The summed E-state index contributed by atoms with van der Waals surface area (Å²) in [5.74, 6) is 0.662. The molecule has 1 aromatic heterocycles. The molecule has 9 nitrogen and oxygen atoms in total. The average Bonchev–Trinajstić information content (AvgIpc) is 3.64. The highest BCUT2D eigenvalue weighted by atomic mass is 16.5. The molecule has 0 spiro atoms. The van der Waals surface area contributed by atoms with Gasteiger partial charge in [0, 0.05) is 44.4 Å². The molecule has 3 heterocycles. The average molecular weight is 570 g/mol. The Labute approximate surface area is 245 Å². The zero-order valence-electron chi connectivity index (χ0n) is 25.6. The molecule has 1 saturated heterocycles. The predicted octanol–water partition coefficient (Wildman–Crippen LogP) is 4.13. The van der Waals surface area contributed by atoms with Crippen molar-refractivity contribution in [2.24, 2.45) is 5.92 Å². The molecule has 1 fully saturated rings. The van der Waals surface area contributed by atoms with Crippen LogP contribution in [0.2, 0.25) is 0 Å². The number of ether oxygens (including phenoxy) is 1. The molecular weight excluding hydrogens is 520 g/mol. The molecule has 41 heavy (non-hydrogen) atoms. The molecule has 1 N–H and O–H groups in total. The summed E-state index contributed by atoms with van der Waals surface area (Å²) in [6.07, 6.45) is 7.64. The lowest BCUT2D eigenvalue weighted by atomic mass is 9.83. The van der Waals surface area contributed by atoms with E-state index in [4.69, 9.17) is 9.15 Å². The highest BCUT2D eigenvalue weighted by Gasteiger charge is 2.47. The summed E-state index contributed by atoms with van der Waals surface area (Å²) in [5.41, 5.74) is 2.14. The number of carbonyl (C=O) groups excluding carboxylic acids is 1. The van der Waals surface area contributed by atoms with Gasteiger partial charge in [-0.3, -0.25) is 14.5 Å². The van der Waals surface area contributed by atoms with Gasteiger partial charge in [0.05, 0.1) is 53.0 Å². The second-order valence-electron chi connectivity index (χ2n) is 12.8. The van der Waals surface area contributed by atoms with Gasteiger partial charge in [0.2, 0.25) is 5.91 Å². The number of aromatic nitrogens is 1. The van der Waals surface area contributed by atoms with E-state index in [0.29, 0.717) is 31.9 Å². The number of likely N-dealkylation sites (tertiary alicyclic amines) is 1. The SMILES string of the molecule is CCCCN(CCCC[N+](C)(C)C)C(=O)CN1CC(c2ccc3c(c2)CCO3)C(C(=O)O)C1CCc1ncc(C)o1. The maximum atomic E-state index is 13.8. The number of hydrogen-bond acceptors (Lipinski definition) is 6. The first-order chi connectivity index (χ1) is 19.6. The number of oxazole rings is 1. The number of fused-ring (bicyclic) bond motifs is 1. The van der Waals surface area contributed by atoms with Gasteiger partial charge in [-0.1, -0.05) is 25.5 Å². The van der Waals surface area contributed by atoms with Gasteiger partial charge in [-0.05, 0) is 49.8 Å². The smallest absolute Gasteiger partial charge is 0.308 e. The maximum Gasteiger partial charge on any atom is 0.308 e. The Morgan fingerprint density at radius 1 is 1.17 bits per heavy atom. The fourth-order valence-corrected chi connectivity index (χ4v) is 6.29. The Bertz CT molecular complexity index is 1170. The Balaban J connectivity index is 1.53. The van der Waals surface area contributed by atoms with Crippen LogP contribution < -0.4 is 4.74 Å². The van der Waals surface area contributed by atoms with Crippen LogP contribution in [-0.4, -0.2) is 103 Å². The second kappa shape index (κ2) is 13.8. The molecular formula is C32H49N4O5+. The van der Waals surface area contributed by atoms with Gasteiger partial charge in [-0.2, -0.15) is 0 Å². The molecule has 9 heteroatoms. The van der Waals surface area contributed by atoms with Crippen molar-refractivity contribution in [2.45, 2.75) is 70.8 Å². The molecule has 3 unspecified atom stereocenters. The van der Waals surface area contributed by atoms with Crippen LogP contribution >= 0.6 is 0 Å². The van der Waals surface area contributed by atoms with Crippen molar-refractivity contribution in [2.75, 3.05) is 60.5 Å². The Morgan fingerprint density at radius 2 is 1.95 bits per heavy atom. The van der Waals surface area contributed by atoms with Crippen LogP contribution in [0.3, 0.4) is 0 Å². The molecule has 0 radical (unpaired) electrons. The van der Waals surface area contributed by atoms with E-state index >= 15 is 0 Å². The molecule has 2 aromatic rings. The van der Waals surface area contributed by atoms with Gasteiger partial charge in [-0.25, -0.2) is 4.98 Å². The standard InChI is InChI=1S/C32H48N4O5/c1-6-7-15-34(16-8-9-17-36(3,4)5)30(37)22-35-21-26(24-10-12-28-25(19-24)14-18-40-28)31(32(38)39)27(35)11-13-29-33-20-23(2)41-29/h10,12,19-20,26-27,31H,6-9,11,13-18,21-22H2,1-5H3/p+1. The van der Waals surface area contributed by atoms with Gasteiger partial charge in [-0.15, -0.1) is 0 Å². The minimum absolute atomic E-state index is 0.0906. The second-order valence-corrected chi connectivity index (χ2v) is 12.8. The third kappa shape index (κ3) is 8.32. The van der Waals surface area contributed by atoms with E-state index < -0.39 is 11.9 Å². The Hall–Kier alpha value is -2.91. The predicted molar refractivity (Wildman–Crippen MR) is 158 cm³/mol. The fourth-order valence-electron chi connectivity index (χ4n) is 6.29. The number of carbonyl (C=O) groups is 2. The first kappa shape index (κ1) is 31.0. The number of hydrogen-bond donors (Lipinski definition) is 1. The van der Waals surface area contributed by atoms with E-state index in [1.54, 1.807) is 6.20 Å². The van der Waals surface area contributed by atoms with E-state index in [9.17, 15) is 14.7 Å². The van der Waals surface area contributed by atoms with Gasteiger partial charge < -0.3 is 23.6 Å². The van der Waals surface area contributed by atoms with Crippen molar-refractivity contribution in [3.05, 3.63) is 47.2 Å². The van der Waals surface area contributed by atoms with Crippen molar-refractivity contribution in [3.63, 3.8) is 0 Å². The molecule has 0 aliphatic carbocycles. The number of carboxylic acids is 1. The highest BCUT2D eigenvalue weighted by Crippen LogP contribution is 2.41. The zero-order valence-corrected chi connectivity index (χ0v) is 25.6. The zero-order chi connectivity index (χ0) is 29.6. The fraction of sp³-hybridized carbons (Fsp3) is 0.656. The van der Waals surface area contributed by atoms with Crippen LogP contribution in [0.5, 0.6) is 5.75 Å². The van der Waals surface area contributed by atoms with Crippen LogP contribution in [0.15, 0.2) is 28.8 Å². The van der Waals surface area contributed by atoms with E-state index in [-0.39, 0.29) is 24.4 Å². The molecule has 1 amide bonds. The molecule has 4 rings (SSSR count). The van der Waals surface area contributed by atoms with Gasteiger partial charge >= 0.3 is 5.97 Å². The minimum atomic E-state index is -0.821. The highest BCUT2D eigenvalue weighted by molar-refractivity contribution is 5.79. The third-order valence-electron chi connectivity index (χ3n) is 8.48. The number of unbranched alkanes of at least 4 members (excludes halogenated alkanes) is 2. The molecule has 2 aliphatic heterocycles. The van der Waals surface area contributed by atoms with Crippen LogP contribution in [0.4, 0.5) is 0 Å². The number of quaternary nitrogens is 1. The summed E-state index contributed by atoms with van der Waals surface area (Å²) in [6, 6.07) is 5.79. The van der Waals surface area contributed by atoms with Crippen molar-refractivity contribution in [1.82, 2.24) is 14.8 Å². The lowest BCUT2D eigenvalue weighted by Gasteiger charge is -2.30. The first-order valence-electron chi connectivity index (χ1n) is 15.3. The summed E-state index contributed by atoms with van der Waals surface area (Å²) in [5, 5.41) is 10.5. The van der Waals surface area contributed by atoms with E-state index in [0.717, 1.165) is 78.9 Å². The third-order valence-corrected chi connectivity index (χ3v) is 8.48. The van der Waals surface area contributed by atoms with Gasteiger partial charge in [0.25, 0.3) is 0 Å². The van der Waals surface area contributed by atoms with Crippen molar-refractivity contribution in [3.8, 4) is 5.75 Å². The number of aryl methyl sites for hydroxylation is 2. The molecule has 1 aromatic carbocycles. The van der Waals surface area contributed by atoms with Crippen molar-refractivity contribution < 1.29 is 28.3 Å². The molecule has 0 bridgehead atoms. The Morgan fingerprint density at radius 3 is 2.63 bits per heavy atom. The summed E-state index contributed by atoms with van der Waals surface area (Å²) in [4.78, 5) is 35.1. The van der Waals surface area contributed by atoms with Crippen molar-refractivity contribution >= 4 is 11.9 Å². The van der Waals surface area contributed by atoms with Gasteiger partial charge in [0.1, 0.15) is 11.5 Å². The van der Waals surface area contributed by atoms with Crippen molar-refractivity contribution in [1.29, 1.82) is 0 Å². The van der Waals surface area contributed by atoms with Gasteiger partial charge in [0.15, 0.2) is 5.89 Å². The lowest BCUT2D eigenvalue weighted by molar-refractivity contribution is -0.870. The monoisotopic (exact) mass is 569 g/mol. The quantitative estimate of drug-likeness (QED) is 0.254. The summed E-state index contributed by atoms with van der Waals surface area (Å²) >= 11 is 0. The largest absolute Gasteiger partial charge is 0.493 e. The number of amides is 1. The minimum Gasteiger partial charge on any atom is -0.493 e. The number of aliphatic carboxylic acids is 1.